The molecule has 1 aromatic heterocycles. The van der Waals surface area contributed by atoms with E-state index in [0.29, 0.717) is 13.1 Å². The lowest BCUT2D eigenvalue weighted by atomic mass is 10.2. The SMILES string of the molecule is Cc1ccc(S(=O)(=O)NC(=O)N2CCN(C(=O)c3ccco3)CC2)cc1. The summed E-state index contributed by atoms with van der Waals surface area (Å²) >= 11 is 0. The largest absolute Gasteiger partial charge is 0.459 e. The third kappa shape index (κ3) is 3.88. The van der Waals surface area contributed by atoms with Gasteiger partial charge in [0.15, 0.2) is 5.76 Å². The lowest BCUT2D eigenvalue weighted by molar-refractivity contribution is 0.0636. The van der Waals surface area contributed by atoms with E-state index in [9.17, 15) is 18.0 Å². The molecule has 26 heavy (non-hydrogen) atoms. The fourth-order valence-electron chi connectivity index (χ4n) is 2.62. The second-order valence-electron chi connectivity index (χ2n) is 5.98. The highest BCUT2D eigenvalue weighted by Gasteiger charge is 2.28. The van der Waals surface area contributed by atoms with Crippen molar-refractivity contribution in [3.63, 3.8) is 0 Å². The summed E-state index contributed by atoms with van der Waals surface area (Å²) in [7, 11) is -3.93. The summed E-state index contributed by atoms with van der Waals surface area (Å²) < 4.78 is 31.7. The highest BCUT2D eigenvalue weighted by Crippen LogP contribution is 2.12. The molecular formula is C17H19N3O5S. The topological polar surface area (TPSA) is 99.9 Å². The fourth-order valence-corrected chi connectivity index (χ4v) is 3.60. The van der Waals surface area contributed by atoms with Crippen LogP contribution < -0.4 is 4.72 Å². The van der Waals surface area contributed by atoms with Crippen molar-refractivity contribution in [2.24, 2.45) is 0 Å². The molecule has 0 radical (unpaired) electrons. The van der Waals surface area contributed by atoms with Crippen LogP contribution in [0.15, 0.2) is 52.0 Å². The molecule has 0 unspecified atom stereocenters. The molecule has 138 valence electrons. The maximum Gasteiger partial charge on any atom is 0.331 e. The van der Waals surface area contributed by atoms with Crippen LogP contribution in [0.25, 0.3) is 0 Å². The van der Waals surface area contributed by atoms with Gasteiger partial charge in [-0.15, -0.1) is 0 Å². The predicted octanol–water partition coefficient (Wildman–Crippen LogP) is 1.44. The summed E-state index contributed by atoms with van der Waals surface area (Å²) in [5, 5.41) is 0. The molecule has 0 bridgehead atoms. The first kappa shape index (κ1) is 18.0. The van der Waals surface area contributed by atoms with Crippen LogP contribution in [0.2, 0.25) is 0 Å². The second kappa shape index (κ2) is 7.20. The van der Waals surface area contributed by atoms with E-state index in [4.69, 9.17) is 4.42 Å². The third-order valence-electron chi connectivity index (χ3n) is 4.14. The first-order valence-electron chi connectivity index (χ1n) is 8.08. The van der Waals surface area contributed by atoms with E-state index in [-0.39, 0.29) is 29.7 Å². The number of carbonyl (C=O) groups excluding carboxylic acids is 2. The van der Waals surface area contributed by atoms with Crippen molar-refractivity contribution in [1.29, 1.82) is 0 Å². The molecule has 8 nitrogen and oxygen atoms in total. The average Bonchev–Trinajstić information content (AvgIpc) is 3.16. The zero-order valence-corrected chi connectivity index (χ0v) is 15.0. The Balaban J connectivity index is 1.58. The summed E-state index contributed by atoms with van der Waals surface area (Å²) in [6.45, 7) is 2.93. The summed E-state index contributed by atoms with van der Waals surface area (Å²) in [5.41, 5.74) is 0.924. The van der Waals surface area contributed by atoms with Gasteiger partial charge in [-0.25, -0.2) is 17.9 Å². The molecule has 1 aromatic carbocycles. The van der Waals surface area contributed by atoms with Gasteiger partial charge >= 0.3 is 6.03 Å². The van der Waals surface area contributed by atoms with Gasteiger partial charge in [0, 0.05) is 26.2 Å². The molecular weight excluding hydrogens is 358 g/mol. The molecule has 0 atom stereocenters. The van der Waals surface area contributed by atoms with E-state index < -0.39 is 16.1 Å². The zero-order valence-electron chi connectivity index (χ0n) is 14.2. The summed E-state index contributed by atoms with van der Waals surface area (Å²) in [5.74, 6) is -0.00724. The maximum absolute atomic E-state index is 12.3. The number of nitrogens with one attached hydrogen (secondary N) is 1. The first-order chi connectivity index (χ1) is 12.4. The highest BCUT2D eigenvalue weighted by atomic mass is 32.2. The second-order valence-corrected chi connectivity index (χ2v) is 7.66. The number of sulfonamides is 1. The van der Waals surface area contributed by atoms with E-state index in [2.05, 4.69) is 4.72 Å². The molecule has 3 amide bonds. The minimum atomic E-state index is -3.93. The molecule has 2 heterocycles. The number of amides is 3. The number of nitrogens with zero attached hydrogens (tertiary/aromatic N) is 2. The summed E-state index contributed by atoms with van der Waals surface area (Å²) in [6.07, 6.45) is 1.42. The van der Waals surface area contributed by atoms with E-state index in [1.54, 1.807) is 29.2 Å². The van der Waals surface area contributed by atoms with Gasteiger partial charge in [0.1, 0.15) is 0 Å². The summed E-state index contributed by atoms with van der Waals surface area (Å²) in [4.78, 5) is 27.4. The molecule has 9 heteroatoms. The number of piperazine rings is 1. The van der Waals surface area contributed by atoms with Crippen molar-refractivity contribution < 1.29 is 22.4 Å². The Morgan fingerprint density at radius 2 is 1.62 bits per heavy atom. The van der Waals surface area contributed by atoms with Crippen LogP contribution in [0, 0.1) is 6.92 Å². The Hall–Kier alpha value is -2.81. The Morgan fingerprint density at radius 3 is 2.19 bits per heavy atom. The lowest BCUT2D eigenvalue weighted by Crippen LogP contribution is -2.53. The van der Waals surface area contributed by atoms with Gasteiger partial charge < -0.3 is 14.2 Å². The normalized spacial score (nSPS) is 15.0. The maximum atomic E-state index is 12.3. The van der Waals surface area contributed by atoms with Crippen LogP contribution in [0.1, 0.15) is 16.1 Å². The van der Waals surface area contributed by atoms with E-state index in [0.717, 1.165) is 5.56 Å². The molecule has 1 aliphatic heterocycles. The van der Waals surface area contributed by atoms with E-state index in [1.165, 1.54) is 23.3 Å². The predicted molar refractivity (Wildman–Crippen MR) is 93.1 cm³/mol. The minimum Gasteiger partial charge on any atom is -0.459 e. The van der Waals surface area contributed by atoms with Crippen molar-refractivity contribution in [1.82, 2.24) is 14.5 Å². The van der Waals surface area contributed by atoms with Gasteiger partial charge in [-0.05, 0) is 31.2 Å². The van der Waals surface area contributed by atoms with Gasteiger partial charge in [-0.3, -0.25) is 4.79 Å². The summed E-state index contributed by atoms with van der Waals surface area (Å²) in [6, 6.07) is 8.74. The Morgan fingerprint density at radius 1 is 1.00 bits per heavy atom. The number of urea groups is 1. The number of hydrogen-bond acceptors (Lipinski definition) is 5. The number of rotatable bonds is 3. The number of hydrogen-bond donors (Lipinski definition) is 1. The molecule has 1 N–H and O–H groups in total. The quantitative estimate of drug-likeness (QED) is 0.873. The number of aryl methyl sites for hydroxylation is 1. The highest BCUT2D eigenvalue weighted by molar-refractivity contribution is 7.90. The van der Waals surface area contributed by atoms with E-state index >= 15 is 0 Å². The monoisotopic (exact) mass is 377 g/mol. The number of furan rings is 1. The van der Waals surface area contributed by atoms with Crippen molar-refractivity contribution in [2.75, 3.05) is 26.2 Å². The molecule has 1 fully saturated rings. The first-order valence-corrected chi connectivity index (χ1v) is 9.56. The van der Waals surface area contributed by atoms with Crippen molar-refractivity contribution in [3.8, 4) is 0 Å². The smallest absolute Gasteiger partial charge is 0.331 e. The molecule has 2 aromatic rings. The molecule has 0 spiro atoms. The van der Waals surface area contributed by atoms with Crippen LogP contribution >= 0.6 is 0 Å². The van der Waals surface area contributed by atoms with Crippen LogP contribution in [0.4, 0.5) is 4.79 Å². The fraction of sp³-hybridized carbons (Fsp3) is 0.294. The minimum absolute atomic E-state index is 0.0306. The van der Waals surface area contributed by atoms with Crippen molar-refractivity contribution in [3.05, 3.63) is 54.0 Å². The Kier molecular flexibility index (Phi) is 4.99. The van der Waals surface area contributed by atoms with Crippen LogP contribution in [-0.2, 0) is 10.0 Å². The standard InChI is InChI=1S/C17H19N3O5S/c1-13-4-6-14(7-5-13)26(23,24)18-17(22)20-10-8-19(9-11-20)16(21)15-3-2-12-25-15/h2-7,12H,8-11H2,1H3,(H,18,22). The van der Waals surface area contributed by atoms with Crippen LogP contribution in [0.3, 0.4) is 0 Å². The van der Waals surface area contributed by atoms with Gasteiger partial charge in [-0.1, -0.05) is 17.7 Å². The molecule has 0 aliphatic carbocycles. The van der Waals surface area contributed by atoms with Crippen LogP contribution in [0.5, 0.6) is 0 Å². The van der Waals surface area contributed by atoms with Gasteiger partial charge in [0.25, 0.3) is 15.9 Å². The Labute approximate surface area is 151 Å². The molecule has 1 saturated heterocycles. The molecule has 3 rings (SSSR count). The molecule has 1 aliphatic rings. The number of carbonyl (C=O) groups is 2. The van der Waals surface area contributed by atoms with Crippen molar-refractivity contribution >= 4 is 22.0 Å². The van der Waals surface area contributed by atoms with Gasteiger partial charge in [-0.2, -0.15) is 0 Å². The van der Waals surface area contributed by atoms with E-state index in [1.807, 2.05) is 6.92 Å². The lowest BCUT2D eigenvalue weighted by Gasteiger charge is -2.34. The van der Waals surface area contributed by atoms with Crippen molar-refractivity contribution in [2.45, 2.75) is 11.8 Å². The number of benzene rings is 1. The van der Waals surface area contributed by atoms with Gasteiger partial charge in [0.2, 0.25) is 0 Å². The average molecular weight is 377 g/mol. The molecule has 0 saturated carbocycles. The third-order valence-corrected chi connectivity index (χ3v) is 5.48. The zero-order chi connectivity index (χ0) is 18.7. The Bertz CT molecular complexity index is 883. The van der Waals surface area contributed by atoms with Crippen LogP contribution in [-0.4, -0.2) is 56.3 Å². The van der Waals surface area contributed by atoms with Gasteiger partial charge in [0.05, 0.1) is 11.2 Å².